The van der Waals surface area contributed by atoms with Gasteiger partial charge in [-0.2, -0.15) is 0 Å². The van der Waals surface area contributed by atoms with Gasteiger partial charge in [0.25, 0.3) is 0 Å². The van der Waals surface area contributed by atoms with Gasteiger partial charge in [0.05, 0.1) is 0 Å². The zero-order chi connectivity index (χ0) is 13.1. The van der Waals surface area contributed by atoms with Gasteiger partial charge in [0.1, 0.15) is 6.61 Å². The summed E-state index contributed by atoms with van der Waals surface area (Å²) in [6.45, 7) is 2.28. The third-order valence-electron chi connectivity index (χ3n) is 2.68. The maximum Gasteiger partial charge on any atom is 0.233 e. The number of halogens is 1. The summed E-state index contributed by atoms with van der Waals surface area (Å²) in [6.07, 6.45) is 1.81. The summed E-state index contributed by atoms with van der Waals surface area (Å²) in [5.41, 5.74) is 2.53. The van der Waals surface area contributed by atoms with E-state index < -0.39 is 0 Å². The van der Waals surface area contributed by atoms with E-state index in [2.05, 4.69) is 21.0 Å². The monoisotopic (exact) mass is 308 g/mol. The van der Waals surface area contributed by atoms with Crippen molar-refractivity contribution in [2.24, 2.45) is 7.05 Å². The number of hydrogen-bond acceptors (Lipinski definition) is 3. The van der Waals surface area contributed by atoms with Crippen molar-refractivity contribution < 1.29 is 9.53 Å². The van der Waals surface area contributed by atoms with Gasteiger partial charge >= 0.3 is 0 Å². The van der Waals surface area contributed by atoms with Gasteiger partial charge in [-0.25, -0.2) is 0 Å². The van der Waals surface area contributed by atoms with Crippen LogP contribution in [0.2, 0.25) is 0 Å². The third kappa shape index (κ3) is 2.79. The summed E-state index contributed by atoms with van der Waals surface area (Å²) in [4.78, 5) is 11.5. The largest absolute Gasteiger partial charge is 0.472 e. The molecule has 5 heteroatoms. The van der Waals surface area contributed by atoms with Crippen LogP contribution in [0.1, 0.15) is 21.5 Å². The Bertz CT molecular complexity index is 578. The first-order valence-electron chi connectivity index (χ1n) is 5.48. The molecular formula is C13H13BrN2O2. The van der Waals surface area contributed by atoms with Crippen LogP contribution >= 0.6 is 15.9 Å². The minimum Gasteiger partial charge on any atom is -0.472 e. The van der Waals surface area contributed by atoms with Gasteiger partial charge in [-0.1, -0.05) is 18.2 Å². The Morgan fingerprint density at radius 2 is 2.22 bits per heavy atom. The van der Waals surface area contributed by atoms with E-state index in [0.29, 0.717) is 18.1 Å². The average molecular weight is 309 g/mol. The van der Waals surface area contributed by atoms with E-state index in [0.717, 1.165) is 11.1 Å². The molecule has 0 saturated carbocycles. The fraction of sp³-hybridized carbons (Fsp3) is 0.231. The molecule has 1 aromatic heterocycles. The fourth-order valence-electron chi connectivity index (χ4n) is 1.69. The van der Waals surface area contributed by atoms with Crippen LogP contribution in [0.25, 0.3) is 0 Å². The van der Waals surface area contributed by atoms with Crippen LogP contribution in [0.3, 0.4) is 0 Å². The number of hydrogen-bond donors (Lipinski definition) is 0. The predicted molar refractivity (Wildman–Crippen MR) is 72.0 cm³/mol. The Balaban J connectivity index is 2.20. The number of nitrogens with zero attached hydrogens (tertiary/aromatic N) is 2. The molecule has 1 aromatic carbocycles. The summed E-state index contributed by atoms with van der Waals surface area (Å²) < 4.78 is 7.12. The molecule has 0 unspecified atom stereocenters. The molecule has 94 valence electrons. The standard InChI is InChI=1S/C13H13BrN2O2/c1-9-4-3-5-10(13(14)17)11(9)8-18-12-6-7-16(2)15-12/h3-7H,8H2,1-2H3. The second kappa shape index (κ2) is 5.35. The van der Waals surface area contributed by atoms with Crippen LogP contribution in [-0.2, 0) is 13.7 Å². The number of rotatable bonds is 4. The topological polar surface area (TPSA) is 44.1 Å². The van der Waals surface area contributed by atoms with Gasteiger partial charge < -0.3 is 4.74 Å². The van der Waals surface area contributed by atoms with Gasteiger partial charge in [0, 0.05) is 30.4 Å². The zero-order valence-electron chi connectivity index (χ0n) is 10.2. The van der Waals surface area contributed by atoms with E-state index in [9.17, 15) is 4.79 Å². The number of benzene rings is 1. The van der Waals surface area contributed by atoms with E-state index in [1.54, 1.807) is 16.8 Å². The smallest absolute Gasteiger partial charge is 0.233 e. The lowest BCUT2D eigenvalue weighted by Gasteiger charge is -2.10. The Morgan fingerprint density at radius 3 is 2.83 bits per heavy atom. The normalized spacial score (nSPS) is 10.4. The van der Waals surface area contributed by atoms with Gasteiger partial charge in [-0.05, 0) is 28.4 Å². The summed E-state index contributed by atoms with van der Waals surface area (Å²) in [7, 11) is 1.83. The van der Waals surface area contributed by atoms with E-state index in [1.807, 2.05) is 32.3 Å². The Kier molecular flexibility index (Phi) is 3.81. The quantitative estimate of drug-likeness (QED) is 0.816. The van der Waals surface area contributed by atoms with Crippen LogP contribution in [0.4, 0.5) is 0 Å². The summed E-state index contributed by atoms with van der Waals surface area (Å²) in [6, 6.07) is 7.37. The summed E-state index contributed by atoms with van der Waals surface area (Å²) in [5, 5.41) is 4.13. The van der Waals surface area contributed by atoms with Crippen LogP contribution in [-0.4, -0.2) is 14.5 Å². The molecule has 0 bridgehead atoms. The Labute approximate surface area is 114 Å². The lowest BCUT2D eigenvalue weighted by molar-refractivity contribution is 0.109. The Morgan fingerprint density at radius 1 is 1.44 bits per heavy atom. The molecule has 0 saturated heterocycles. The first-order chi connectivity index (χ1) is 8.58. The molecule has 4 nitrogen and oxygen atoms in total. The fourth-order valence-corrected chi connectivity index (χ4v) is 2.07. The predicted octanol–water partition coefficient (Wildman–Crippen LogP) is 2.84. The van der Waals surface area contributed by atoms with Crippen molar-refractivity contribution in [1.29, 1.82) is 0 Å². The molecular weight excluding hydrogens is 296 g/mol. The molecule has 1 heterocycles. The molecule has 0 aliphatic heterocycles. The number of aromatic nitrogens is 2. The highest BCUT2D eigenvalue weighted by molar-refractivity contribution is 9.18. The number of carbonyl (C=O) groups excluding carboxylic acids is 1. The van der Waals surface area contributed by atoms with Crippen LogP contribution in [0.15, 0.2) is 30.5 Å². The maximum absolute atomic E-state index is 11.5. The minimum atomic E-state index is -0.133. The Hall–Kier alpha value is -1.62. The van der Waals surface area contributed by atoms with Crippen molar-refractivity contribution in [3.63, 3.8) is 0 Å². The molecule has 0 aliphatic rings. The summed E-state index contributed by atoms with van der Waals surface area (Å²) >= 11 is 2.98. The highest BCUT2D eigenvalue weighted by Gasteiger charge is 2.11. The van der Waals surface area contributed by atoms with Crippen molar-refractivity contribution in [1.82, 2.24) is 9.78 Å². The van der Waals surface area contributed by atoms with Crippen LogP contribution in [0, 0.1) is 6.92 Å². The number of ether oxygens (including phenoxy) is 1. The van der Waals surface area contributed by atoms with Crippen molar-refractivity contribution in [2.45, 2.75) is 13.5 Å². The highest BCUT2D eigenvalue weighted by atomic mass is 79.9. The third-order valence-corrected chi connectivity index (χ3v) is 3.10. The lowest BCUT2D eigenvalue weighted by atomic mass is 10.0. The molecule has 0 amide bonds. The molecule has 0 spiro atoms. The summed E-state index contributed by atoms with van der Waals surface area (Å²) in [5.74, 6) is 0.550. The molecule has 0 radical (unpaired) electrons. The average Bonchev–Trinajstić information content (AvgIpc) is 2.73. The SMILES string of the molecule is Cc1cccc(C(=O)Br)c1COc1ccn(C)n1. The maximum atomic E-state index is 11.5. The van der Waals surface area contributed by atoms with Gasteiger partial charge in [-0.15, -0.1) is 5.10 Å². The zero-order valence-corrected chi connectivity index (χ0v) is 11.8. The molecule has 18 heavy (non-hydrogen) atoms. The van der Waals surface area contributed by atoms with E-state index in [4.69, 9.17) is 4.74 Å². The second-order valence-electron chi connectivity index (χ2n) is 3.99. The lowest BCUT2D eigenvalue weighted by Crippen LogP contribution is -2.05. The number of carbonyl (C=O) groups is 1. The minimum absolute atomic E-state index is 0.133. The molecule has 0 aliphatic carbocycles. The molecule has 2 rings (SSSR count). The van der Waals surface area contributed by atoms with Crippen molar-refractivity contribution in [2.75, 3.05) is 0 Å². The van der Waals surface area contributed by atoms with Crippen LogP contribution < -0.4 is 4.74 Å². The molecule has 0 N–H and O–H groups in total. The van der Waals surface area contributed by atoms with E-state index >= 15 is 0 Å². The van der Waals surface area contributed by atoms with E-state index in [-0.39, 0.29) is 4.69 Å². The molecule has 0 atom stereocenters. The van der Waals surface area contributed by atoms with Gasteiger partial charge in [-0.3, -0.25) is 9.48 Å². The molecule has 0 fully saturated rings. The van der Waals surface area contributed by atoms with Crippen LogP contribution in [0.5, 0.6) is 5.88 Å². The second-order valence-corrected chi connectivity index (χ2v) is 4.71. The highest BCUT2D eigenvalue weighted by Crippen LogP contribution is 2.19. The van der Waals surface area contributed by atoms with Gasteiger partial charge in [0.2, 0.25) is 10.6 Å². The van der Waals surface area contributed by atoms with Crippen molar-refractivity contribution in [3.8, 4) is 5.88 Å². The first kappa shape index (κ1) is 12.8. The van der Waals surface area contributed by atoms with Crippen molar-refractivity contribution in [3.05, 3.63) is 47.2 Å². The van der Waals surface area contributed by atoms with Gasteiger partial charge in [0.15, 0.2) is 0 Å². The van der Waals surface area contributed by atoms with Crippen molar-refractivity contribution >= 4 is 20.6 Å². The number of aryl methyl sites for hydroxylation is 2. The molecule has 2 aromatic rings. The van der Waals surface area contributed by atoms with E-state index in [1.165, 1.54) is 0 Å². The first-order valence-corrected chi connectivity index (χ1v) is 6.28.